The number of para-hydroxylation sites is 1. The Hall–Kier alpha value is -2.61. The van der Waals surface area contributed by atoms with Crippen LogP contribution in [0.25, 0.3) is 0 Å². The molecule has 2 aromatic rings. The number of hydrogen-bond donors (Lipinski definition) is 2. The van der Waals surface area contributed by atoms with E-state index in [0.29, 0.717) is 18.0 Å². The Morgan fingerprint density at radius 3 is 2.61 bits per heavy atom. The van der Waals surface area contributed by atoms with Crippen LogP contribution in [-0.2, 0) is 11.3 Å². The molecule has 3 rings (SSSR count). The molecule has 0 aliphatic carbocycles. The number of carbonyl (C=O) groups excluding carboxylic acids is 2. The first-order chi connectivity index (χ1) is 13.5. The van der Waals surface area contributed by atoms with Gasteiger partial charge >= 0.3 is 0 Å². The maximum atomic E-state index is 13.2. The average molecular weight is 405 g/mol. The molecule has 0 bridgehead atoms. The number of fused-ring (bicyclic) bond motifs is 1. The highest BCUT2D eigenvalue weighted by Gasteiger charge is 2.30. The number of rotatable bonds is 6. The van der Waals surface area contributed by atoms with Gasteiger partial charge in [0.15, 0.2) is 0 Å². The third-order valence-electron chi connectivity index (χ3n) is 4.44. The van der Waals surface area contributed by atoms with Crippen molar-refractivity contribution in [3.05, 3.63) is 58.6 Å². The summed E-state index contributed by atoms with van der Waals surface area (Å²) in [6.07, 6.45) is 0. The van der Waals surface area contributed by atoms with Crippen molar-refractivity contribution in [1.82, 2.24) is 4.90 Å². The minimum atomic E-state index is -0.398. The predicted molar refractivity (Wildman–Crippen MR) is 105 cm³/mol. The molecule has 28 heavy (non-hydrogen) atoms. The maximum Gasteiger partial charge on any atom is 0.260 e. The topological polar surface area (TPSA) is 90.3 Å². The number of aliphatic hydroxyl groups is 2. The van der Waals surface area contributed by atoms with E-state index in [2.05, 4.69) is 0 Å². The van der Waals surface area contributed by atoms with Gasteiger partial charge in [0, 0.05) is 18.8 Å². The third kappa shape index (κ3) is 4.27. The largest absolute Gasteiger partial charge is 0.491 e. The van der Waals surface area contributed by atoms with Gasteiger partial charge in [0.05, 0.1) is 23.8 Å². The maximum absolute atomic E-state index is 13.2. The average Bonchev–Trinajstić information content (AvgIpc) is 2.83. The van der Waals surface area contributed by atoms with Gasteiger partial charge in [-0.15, -0.1) is 0 Å². The number of benzene rings is 2. The molecule has 1 aliphatic heterocycles. The molecule has 0 spiro atoms. The SMILES string of the molecule is O=C1CN(C(=O)c2ccc(OCCO)cc2Cl)c2ccccc2CN1CCO. The summed E-state index contributed by atoms with van der Waals surface area (Å²) in [5.74, 6) is -0.208. The zero-order chi connectivity index (χ0) is 20.1. The number of carbonyl (C=O) groups is 2. The Balaban J connectivity index is 1.93. The fourth-order valence-electron chi connectivity index (χ4n) is 3.10. The minimum absolute atomic E-state index is 0.123. The van der Waals surface area contributed by atoms with Crippen molar-refractivity contribution in [1.29, 1.82) is 0 Å². The summed E-state index contributed by atoms with van der Waals surface area (Å²) < 4.78 is 5.31. The summed E-state index contributed by atoms with van der Waals surface area (Å²) in [4.78, 5) is 28.8. The molecule has 0 saturated heterocycles. The second kappa shape index (κ2) is 9.05. The van der Waals surface area contributed by atoms with E-state index < -0.39 is 5.91 Å². The summed E-state index contributed by atoms with van der Waals surface area (Å²) in [5.41, 5.74) is 1.70. The first kappa shape index (κ1) is 20.1. The number of nitrogens with zero attached hydrogens (tertiary/aromatic N) is 2. The second-order valence-electron chi connectivity index (χ2n) is 6.27. The zero-order valence-corrected chi connectivity index (χ0v) is 15.9. The van der Waals surface area contributed by atoms with Crippen LogP contribution in [0.15, 0.2) is 42.5 Å². The fourth-order valence-corrected chi connectivity index (χ4v) is 3.35. The van der Waals surface area contributed by atoms with E-state index >= 15 is 0 Å². The van der Waals surface area contributed by atoms with Crippen molar-refractivity contribution in [2.75, 3.05) is 37.8 Å². The Morgan fingerprint density at radius 2 is 1.89 bits per heavy atom. The summed E-state index contributed by atoms with van der Waals surface area (Å²) in [7, 11) is 0. The van der Waals surface area contributed by atoms with Crippen LogP contribution in [0.2, 0.25) is 5.02 Å². The molecule has 2 N–H and O–H groups in total. The molecule has 0 unspecified atom stereocenters. The summed E-state index contributed by atoms with van der Waals surface area (Å²) in [6, 6.07) is 11.9. The first-order valence-electron chi connectivity index (χ1n) is 8.86. The van der Waals surface area contributed by atoms with Crippen LogP contribution in [0.5, 0.6) is 5.75 Å². The molecule has 0 atom stereocenters. The molecule has 2 amide bonds. The van der Waals surface area contributed by atoms with E-state index in [1.165, 1.54) is 15.9 Å². The Kier molecular flexibility index (Phi) is 6.51. The van der Waals surface area contributed by atoms with E-state index in [-0.39, 0.29) is 49.4 Å². The van der Waals surface area contributed by atoms with E-state index in [1.807, 2.05) is 12.1 Å². The second-order valence-corrected chi connectivity index (χ2v) is 6.68. The van der Waals surface area contributed by atoms with Crippen LogP contribution in [0, 0.1) is 0 Å². The lowest BCUT2D eigenvalue weighted by Crippen LogP contribution is -2.41. The van der Waals surface area contributed by atoms with Crippen LogP contribution < -0.4 is 9.64 Å². The quantitative estimate of drug-likeness (QED) is 0.764. The standard InChI is InChI=1S/C20H21ClN2O5/c21-17-11-15(28-10-9-25)5-6-16(17)20(27)23-13-19(26)22(7-8-24)12-14-3-1-2-4-18(14)23/h1-6,11,24-25H,7-10,12-13H2. The lowest BCUT2D eigenvalue weighted by atomic mass is 10.1. The molecule has 0 fully saturated rings. The normalized spacial score (nSPS) is 13.9. The number of anilines is 1. The molecule has 1 heterocycles. The first-order valence-corrected chi connectivity index (χ1v) is 9.24. The van der Waals surface area contributed by atoms with Gasteiger partial charge in [-0.2, -0.15) is 0 Å². The van der Waals surface area contributed by atoms with Crippen LogP contribution >= 0.6 is 11.6 Å². The molecule has 1 aliphatic rings. The van der Waals surface area contributed by atoms with Crippen molar-refractivity contribution in [2.24, 2.45) is 0 Å². The number of β-amino-alcohol motifs (C(OH)–C–C–N with tert-alkyl or cyclic N) is 1. The lowest BCUT2D eigenvalue weighted by molar-refractivity contribution is -0.130. The van der Waals surface area contributed by atoms with E-state index in [1.54, 1.807) is 24.3 Å². The van der Waals surface area contributed by atoms with Crippen LogP contribution in [0.1, 0.15) is 15.9 Å². The van der Waals surface area contributed by atoms with Crippen LogP contribution in [-0.4, -0.2) is 59.8 Å². The van der Waals surface area contributed by atoms with Gasteiger partial charge in [-0.05, 0) is 29.8 Å². The van der Waals surface area contributed by atoms with Gasteiger partial charge < -0.3 is 19.8 Å². The monoisotopic (exact) mass is 404 g/mol. The van der Waals surface area contributed by atoms with Gasteiger partial charge in [-0.1, -0.05) is 29.8 Å². The predicted octanol–water partition coefficient (Wildman–Crippen LogP) is 1.69. The van der Waals surface area contributed by atoms with Crippen molar-refractivity contribution in [3.63, 3.8) is 0 Å². The fraction of sp³-hybridized carbons (Fsp3) is 0.300. The molecule has 148 valence electrons. The van der Waals surface area contributed by atoms with Gasteiger partial charge in [-0.3, -0.25) is 14.5 Å². The molecule has 7 nitrogen and oxygen atoms in total. The van der Waals surface area contributed by atoms with Gasteiger partial charge in [-0.25, -0.2) is 0 Å². The zero-order valence-electron chi connectivity index (χ0n) is 15.2. The van der Waals surface area contributed by atoms with Crippen LogP contribution in [0.4, 0.5) is 5.69 Å². The van der Waals surface area contributed by atoms with E-state index in [0.717, 1.165) is 5.56 Å². The molecular formula is C20H21ClN2O5. The van der Waals surface area contributed by atoms with E-state index in [4.69, 9.17) is 21.4 Å². The number of amides is 2. The van der Waals surface area contributed by atoms with Crippen molar-refractivity contribution >= 4 is 29.1 Å². The Morgan fingerprint density at radius 1 is 1.11 bits per heavy atom. The summed E-state index contributed by atoms with van der Waals surface area (Å²) in [5, 5.41) is 18.3. The smallest absolute Gasteiger partial charge is 0.260 e. The third-order valence-corrected chi connectivity index (χ3v) is 4.75. The van der Waals surface area contributed by atoms with E-state index in [9.17, 15) is 14.7 Å². The Bertz CT molecular complexity index is 873. The van der Waals surface area contributed by atoms with Crippen molar-refractivity contribution < 1.29 is 24.5 Å². The molecule has 0 saturated carbocycles. The highest BCUT2D eigenvalue weighted by Crippen LogP contribution is 2.30. The minimum Gasteiger partial charge on any atom is -0.491 e. The Labute approximate surface area is 167 Å². The summed E-state index contributed by atoms with van der Waals surface area (Å²) in [6.45, 7) is 0.222. The molecule has 8 heteroatoms. The van der Waals surface area contributed by atoms with Gasteiger partial charge in [0.25, 0.3) is 5.91 Å². The highest BCUT2D eigenvalue weighted by molar-refractivity contribution is 6.34. The number of hydrogen-bond acceptors (Lipinski definition) is 5. The lowest BCUT2D eigenvalue weighted by Gasteiger charge is -2.23. The van der Waals surface area contributed by atoms with Gasteiger partial charge in [0.2, 0.25) is 5.91 Å². The number of aliphatic hydroxyl groups excluding tert-OH is 2. The molecule has 0 radical (unpaired) electrons. The molecule has 2 aromatic carbocycles. The van der Waals surface area contributed by atoms with Gasteiger partial charge in [0.1, 0.15) is 18.9 Å². The molecule has 0 aromatic heterocycles. The number of ether oxygens (including phenoxy) is 1. The number of halogens is 1. The van der Waals surface area contributed by atoms with Crippen molar-refractivity contribution in [3.8, 4) is 5.75 Å². The van der Waals surface area contributed by atoms with Crippen LogP contribution in [0.3, 0.4) is 0 Å². The molecular weight excluding hydrogens is 384 g/mol. The summed E-state index contributed by atoms with van der Waals surface area (Å²) >= 11 is 6.29. The van der Waals surface area contributed by atoms with Crippen molar-refractivity contribution in [2.45, 2.75) is 6.54 Å². The highest BCUT2D eigenvalue weighted by atomic mass is 35.5.